The van der Waals surface area contributed by atoms with E-state index in [1.54, 1.807) is 31.0 Å². The van der Waals surface area contributed by atoms with Crippen LogP contribution >= 0.6 is 0 Å². The number of ether oxygens (including phenoxy) is 4. The van der Waals surface area contributed by atoms with Crippen LogP contribution in [0.25, 0.3) is 0 Å². The first-order chi connectivity index (χ1) is 22.1. The number of esters is 2. The van der Waals surface area contributed by atoms with Crippen molar-refractivity contribution >= 4 is 51.1 Å². The number of alkyl carbamates (subject to hydrolysis) is 1. The smallest absolute Gasteiger partial charge is 0.412 e. The van der Waals surface area contributed by atoms with Gasteiger partial charge in [0.25, 0.3) is 0 Å². The molecule has 1 aromatic carbocycles. The fourth-order valence-electron chi connectivity index (χ4n) is 4.77. The van der Waals surface area contributed by atoms with Gasteiger partial charge in [0.15, 0.2) is 18.2 Å². The zero-order chi connectivity index (χ0) is 34.9. The molecule has 2 unspecified atom stereocenters. The third-order valence-corrected chi connectivity index (χ3v) is 8.03. The molecule has 2 atom stereocenters. The molecule has 256 valence electrons. The summed E-state index contributed by atoms with van der Waals surface area (Å²) in [7, 11) is -4.11. The van der Waals surface area contributed by atoms with E-state index in [0.717, 1.165) is 10.6 Å². The number of nitrogens with zero attached hydrogens (tertiary/aromatic N) is 2. The lowest BCUT2D eigenvalue weighted by Crippen LogP contribution is -2.42. The minimum absolute atomic E-state index is 0.00837. The summed E-state index contributed by atoms with van der Waals surface area (Å²) in [5.74, 6) is -4.27. The maximum atomic E-state index is 13.5. The quantitative estimate of drug-likeness (QED) is 0.0903. The minimum atomic E-state index is -4.11. The number of carbonyl (C=O) groups is 5. The van der Waals surface area contributed by atoms with Crippen molar-refractivity contribution in [1.29, 1.82) is 5.41 Å². The van der Waals surface area contributed by atoms with E-state index in [4.69, 9.17) is 24.4 Å². The number of carbonyl (C=O) groups excluding carboxylic acids is 5. The third kappa shape index (κ3) is 10.1. The number of sulfonamides is 1. The van der Waals surface area contributed by atoms with Crippen LogP contribution in [-0.2, 0) is 38.6 Å². The normalized spacial score (nSPS) is 17.0. The fraction of sp³-hybridized carbons (Fsp3) is 0.484. The van der Waals surface area contributed by atoms with Crippen LogP contribution in [0.1, 0.15) is 38.1 Å². The van der Waals surface area contributed by atoms with Crippen LogP contribution in [0.15, 0.2) is 42.1 Å². The Hall–Kier alpha value is -4.73. The molecule has 16 heteroatoms. The summed E-state index contributed by atoms with van der Waals surface area (Å²) < 4.78 is 46.6. The van der Waals surface area contributed by atoms with Gasteiger partial charge in [0.2, 0.25) is 10.0 Å². The van der Waals surface area contributed by atoms with Gasteiger partial charge >= 0.3 is 18.0 Å². The molecule has 0 aromatic heterocycles. The standard InChI is InChI=1S/C31H40N4O11S/c1-6-43-27(37)16-35(47(5,41)42)24-12-20(9-11-26(24)45-18-28(38)44-7-2)25(36)15-34-13-21-8-10-22(29(39)23(21)14-34)30(32)33-31(40)46-17-19(3)4/h8-13,19,22-23H,6-7,14-18H2,1-5H3,(H2,32,33,40). The van der Waals surface area contributed by atoms with Gasteiger partial charge in [-0.1, -0.05) is 26.0 Å². The highest BCUT2D eigenvalue weighted by Crippen LogP contribution is 2.34. The molecule has 47 heavy (non-hydrogen) atoms. The highest BCUT2D eigenvalue weighted by atomic mass is 32.2. The maximum absolute atomic E-state index is 13.5. The molecule has 0 radical (unpaired) electrons. The molecule has 2 aliphatic rings. The molecular weight excluding hydrogens is 636 g/mol. The molecule has 0 spiro atoms. The largest absolute Gasteiger partial charge is 0.480 e. The van der Waals surface area contributed by atoms with Crippen LogP contribution in [0.5, 0.6) is 5.75 Å². The Balaban J connectivity index is 1.78. The Bertz CT molecular complexity index is 1570. The number of hydrogen-bond donors (Lipinski definition) is 2. The number of allylic oxidation sites excluding steroid dienone is 1. The molecule has 1 heterocycles. The van der Waals surface area contributed by atoms with E-state index in [9.17, 15) is 32.4 Å². The average Bonchev–Trinajstić information content (AvgIpc) is 3.41. The SMILES string of the molecule is CCOC(=O)COc1ccc(C(=O)CN2C=C3C=CC(C(=N)NC(=O)OCC(C)C)C(=O)C3C2)cc1N(CC(=O)OCC)S(C)(=O)=O. The van der Waals surface area contributed by atoms with Gasteiger partial charge in [-0.25, -0.2) is 18.0 Å². The van der Waals surface area contributed by atoms with E-state index in [1.807, 2.05) is 13.8 Å². The summed E-state index contributed by atoms with van der Waals surface area (Å²) in [5.41, 5.74) is 0.540. The monoisotopic (exact) mass is 676 g/mol. The van der Waals surface area contributed by atoms with Crippen molar-refractivity contribution in [1.82, 2.24) is 10.2 Å². The summed E-state index contributed by atoms with van der Waals surface area (Å²) in [5, 5.41) is 10.5. The van der Waals surface area contributed by atoms with E-state index in [1.165, 1.54) is 24.3 Å². The van der Waals surface area contributed by atoms with Crippen molar-refractivity contribution in [3.05, 3.63) is 47.7 Å². The van der Waals surface area contributed by atoms with Gasteiger partial charge in [-0.3, -0.25) is 29.4 Å². The molecule has 0 saturated heterocycles. The van der Waals surface area contributed by atoms with Crippen molar-refractivity contribution < 1.29 is 51.3 Å². The zero-order valence-electron chi connectivity index (χ0n) is 26.9. The predicted molar refractivity (Wildman–Crippen MR) is 170 cm³/mol. The average molecular weight is 677 g/mol. The van der Waals surface area contributed by atoms with Gasteiger partial charge in [0.05, 0.1) is 50.1 Å². The van der Waals surface area contributed by atoms with E-state index < -0.39 is 58.8 Å². The molecule has 0 fully saturated rings. The van der Waals surface area contributed by atoms with Gasteiger partial charge in [-0.2, -0.15) is 0 Å². The van der Waals surface area contributed by atoms with Crippen LogP contribution in [-0.4, -0.2) is 101 Å². The summed E-state index contributed by atoms with van der Waals surface area (Å²) in [4.78, 5) is 64.6. The number of anilines is 1. The minimum Gasteiger partial charge on any atom is -0.480 e. The first-order valence-corrected chi connectivity index (χ1v) is 16.8. The number of ketones is 2. The van der Waals surface area contributed by atoms with E-state index in [2.05, 4.69) is 5.32 Å². The second-order valence-corrected chi connectivity index (χ2v) is 13.1. The van der Waals surface area contributed by atoms with Crippen molar-refractivity contribution in [3.8, 4) is 5.75 Å². The summed E-state index contributed by atoms with van der Waals surface area (Å²) in [6.45, 7) is 5.85. The Morgan fingerprint density at radius 2 is 1.77 bits per heavy atom. The molecule has 1 aromatic rings. The molecule has 1 amide bonds. The van der Waals surface area contributed by atoms with E-state index in [0.29, 0.717) is 5.57 Å². The van der Waals surface area contributed by atoms with Crippen molar-refractivity contribution in [2.45, 2.75) is 27.7 Å². The molecule has 2 N–H and O–H groups in total. The number of hydrogen-bond acceptors (Lipinski definition) is 13. The number of amides is 1. The Morgan fingerprint density at radius 3 is 2.40 bits per heavy atom. The second kappa shape index (κ2) is 16.2. The van der Waals surface area contributed by atoms with E-state index in [-0.39, 0.29) is 67.4 Å². The molecular formula is C31H40N4O11S. The molecule has 3 rings (SSSR count). The second-order valence-electron chi connectivity index (χ2n) is 11.2. The lowest BCUT2D eigenvalue weighted by molar-refractivity contribution is -0.145. The predicted octanol–water partition coefficient (Wildman–Crippen LogP) is 2.07. The maximum Gasteiger partial charge on any atom is 0.412 e. The fourth-order valence-corrected chi connectivity index (χ4v) is 5.61. The third-order valence-electron chi connectivity index (χ3n) is 6.90. The number of Topliss-reactive ketones (excluding diaryl/α,β-unsaturated/α-hetero) is 2. The Kier molecular flexibility index (Phi) is 12.7. The lowest BCUT2D eigenvalue weighted by Gasteiger charge is -2.25. The number of fused-ring (bicyclic) bond motifs is 1. The van der Waals surface area contributed by atoms with Crippen LogP contribution in [0.4, 0.5) is 10.5 Å². The number of amidine groups is 1. The first-order valence-electron chi connectivity index (χ1n) is 14.9. The Morgan fingerprint density at radius 1 is 1.09 bits per heavy atom. The van der Waals surface area contributed by atoms with Crippen LogP contribution in [0, 0.1) is 23.2 Å². The lowest BCUT2D eigenvalue weighted by atomic mass is 9.82. The molecule has 0 bridgehead atoms. The van der Waals surface area contributed by atoms with Crippen molar-refractivity contribution in [2.24, 2.45) is 17.8 Å². The highest BCUT2D eigenvalue weighted by molar-refractivity contribution is 7.92. The summed E-state index contributed by atoms with van der Waals surface area (Å²) in [6, 6.07) is 3.95. The summed E-state index contributed by atoms with van der Waals surface area (Å²) >= 11 is 0. The topological polar surface area (TPSA) is 199 Å². The molecule has 15 nitrogen and oxygen atoms in total. The highest BCUT2D eigenvalue weighted by Gasteiger charge is 2.38. The summed E-state index contributed by atoms with van der Waals surface area (Å²) in [6.07, 6.45) is 4.88. The van der Waals surface area contributed by atoms with Gasteiger partial charge in [-0.15, -0.1) is 0 Å². The van der Waals surface area contributed by atoms with Crippen LogP contribution in [0.2, 0.25) is 0 Å². The zero-order valence-corrected chi connectivity index (χ0v) is 27.8. The van der Waals surface area contributed by atoms with Gasteiger partial charge in [0, 0.05) is 18.3 Å². The van der Waals surface area contributed by atoms with Gasteiger partial charge in [0.1, 0.15) is 18.1 Å². The van der Waals surface area contributed by atoms with Crippen molar-refractivity contribution in [3.63, 3.8) is 0 Å². The Labute approximate surface area is 273 Å². The number of benzene rings is 1. The van der Waals surface area contributed by atoms with Crippen LogP contribution < -0.4 is 14.4 Å². The van der Waals surface area contributed by atoms with E-state index >= 15 is 0 Å². The first kappa shape index (κ1) is 36.7. The molecule has 1 aliphatic heterocycles. The van der Waals surface area contributed by atoms with Gasteiger partial charge < -0.3 is 23.8 Å². The van der Waals surface area contributed by atoms with Crippen LogP contribution in [0.3, 0.4) is 0 Å². The molecule has 1 aliphatic carbocycles. The number of rotatable bonds is 15. The van der Waals surface area contributed by atoms with Crippen molar-refractivity contribution in [2.75, 3.05) is 56.6 Å². The van der Waals surface area contributed by atoms with Gasteiger partial charge in [-0.05, 0) is 43.5 Å². The number of nitrogens with one attached hydrogen (secondary N) is 2. The molecule has 0 saturated carbocycles.